The molecule has 1 aliphatic heterocycles. The lowest BCUT2D eigenvalue weighted by Gasteiger charge is -2.34. The van der Waals surface area contributed by atoms with Crippen molar-refractivity contribution in [3.63, 3.8) is 0 Å². The van der Waals surface area contributed by atoms with Gasteiger partial charge in [-0.25, -0.2) is 8.42 Å². The molecule has 2 aliphatic rings. The Balaban J connectivity index is 1.68. The van der Waals surface area contributed by atoms with Crippen LogP contribution in [0.25, 0.3) is 10.9 Å². The molecule has 0 radical (unpaired) electrons. The van der Waals surface area contributed by atoms with E-state index in [1.807, 2.05) is 6.92 Å². The van der Waals surface area contributed by atoms with Gasteiger partial charge in [0.1, 0.15) is 0 Å². The molecule has 7 nitrogen and oxygen atoms in total. The molecule has 0 bridgehead atoms. The summed E-state index contributed by atoms with van der Waals surface area (Å²) in [6.45, 7) is 2.53. The van der Waals surface area contributed by atoms with Gasteiger partial charge in [0.25, 0.3) is 5.91 Å². The van der Waals surface area contributed by atoms with Crippen molar-refractivity contribution in [1.82, 2.24) is 14.6 Å². The number of sulfonamides is 1. The number of hydrogen-bond donors (Lipinski definition) is 2. The second-order valence-electron chi connectivity index (χ2n) is 9.44. The third kappa shape index (κ3) is 5.32. The van der Waals surface area contributed by atoms with Crippen LogP contribution in [0.3, 0.4) is 0 Å². The fourth-order valence-electron chi connectivity index (χ4n) is 5.28. The van der Waals surface area contributed by atoms with Gasteiger partial charge in [0.2, 0.25) is 15.6 Å². The molecule has 2 aromatic rings. The number of H-pyrrole nitrogens is 1. The molecule has 1 atom stereocenters. The molecule has 1 saturated carbocycles. The number of aromatic amines is 1. The van der Waals surface area contributed by atoms with E-state index in [4.69, 9.17) is 0 Å². The number of benzene rings is 1. The summed E-state index contributed by atoms with van der Waals surface area (Å²) in [5.41, 5.74) is 0.330. The van der Waals surface area contributed by atoms with Crippen LogP contribution in [0.5, 0.6) is 0 Å². The highest BCUT2D eigenvalue weighted by atomic mass is 32.2. The summed E-state index contributed by atoms with van der Waals surface area (Å²) in [5, 5.41) is 3.57. The first-order chi connectivity index (χ1) is 15.9. The molecule has 1 amide bonds. The van der Waals surface area contributed by atoms with Crippen LogP contribution in [0.1, 0.15) is 87.9 Å². The minimum Gasteiger partial charge on any atom is -0.349 e. The molecule has 33 heavy (non-hydrogen) atoms. The predicted molar refractivity (Wildman–Crippen MR) is 130 cm³/mol. The molecule has 8 heteroatoms. The molecule has 4 rings (SSSR count). The molecule has 1 saturated heterocycles. The fraction of sp³-hybridized carbons (Fsp3) is 0.600. The van der Waals surface area contributed by atoms with Gasteiger partial charge in [0.15, 0.2) is 0 Å². The number of fused-ring (bicyclic) bond motifs is 1. The number of piperidine rings is 1. The first kappa shape index (κ1) is 24.0. The molecule has 2 N–H and O–H groups in total. The molecular formula is C25H35N3O4S. The van der Waals surface area contributed by atoms with Crippen molar-refractivity contribution in [3.05, 3.63) is 40.2 Å². The van der Waals surface area contributed by atoms with Gasteiger partial charge in [0, 0.05) is 35.6 Å². The van der Waals surface area contributed by atoms with E-state index in [2.05, 4.69) is 10.3 Å². The van der Waals surface area contributed by atoms with Crippen LogP contribution in [0.4, 0.5) is 0 Å². The monoisotopic (exact) mass is 473 g/mol. The molecule has 1 aromatic heterocycles. The van der Waals surface area contributed by atoms with Crippen molar-refractivity contribution in [1.29, 1.82) is 0 Å². The Morgan fingerprint density at radius 1 is 1.03 bits per heavy atom. The maximum absolute atomic E-state index is 13.5. The summed E-state index contributed by atoms with van der Waals surface area (Å²) >= 11 is 0. The van der Waals surface area contributed by atoms with Gasteiger partial charge in [-0.3, -0.25) is 9.59 Å². The maximum Gasteiger partial charge on any atom is 0.252 e. The number of nitrogens with zero attached hydrogens (tertiary/aromatic N) is 1. The van der Waals surface area contributed by atoms with E-state index in [0.717, 1.165) is 51.4 Å². The number of pyridine rings is 1. The standard InChI is InChI=1S/C25H35N3O4S/c1-2-19-12-8-9-15-28(19)33(31,32)20-13-14-23-21(16-20)22(17-24(29)27-23)25(30)26-18-10-6-4-3-5-7-11-18/h13-14,16-19H,2-12,15H2,1H3,(H,26,30)(H,27,29). The van der Waals surface area contributed by atoms with Crippen LogP contribution < -0.4 is 10.9 Å². The normalized spacial score (nSPS) is 21.4. The summed E-state index contributed by atoms with van der Waals surface area (Å²) in [7, 11) is -3.69. The summed E-state index contributed by atoms with van der Waals surface area (Å²) in [6.07, 6.45) is 11.1. The number of carbonyl (C=O) groups excluding carboxylic acids is 1. The topological polar surface area (TPSA) is 99.3 Å². The zero-order chi connectivity index (χ0) is 23.4. The molecule has 2 fully saturated rings. The Hall–Kier alpha value is -2.19. The van der Waals surface area contributed by atoms with Gasteiger partial charge in [-0.2, -0.15) is 4.31 Å². The van der Waals surface area contributed by atoms with Crippen LogP contribution in [-0.4, -0.2) is 42.2 Å². The Labute approximate surface area is 196 Å². The summed E-state index contributed by atoms with van der Waals surface area (Å²) < 4.78 is 28.6. The maximum atomic E-state index is 13.5. The largest absolute Gasteiger partial charge is 0.349 e. The SMILES string of the molecule is CCC1CCCCN1S(=O)(=O)c1ccc2[nH]c(=O)cc(C(=O)NC3CCCCCCC3)c2c1. The van der Waals surface area contributed by atoms with E-state index < -0.39 is 10.0 Å². The zero-order valence-electron chi connectivity index (χ0n) is 19.4. The van der Waals surface area contributed by atoms with Gasteiger partial charge < -0.3 is 10.3 Å². The lowest BCUT2D eigenvalue weighted by Crippen LogP contribution is -2.43. The first-order valence-corrected chi connectivity index (χ1v) is 13.8. The van der Waals surface area contributed by atoms with Crippen molar-refractivity contribution in [2.24, 2.45) is 0 Å². The van der Waals surface area contributed by atoms with Crippen molar-refractivity contribution in [2.75, 3.05) is 6.54 Å². The summed E-state index contributed by atoms with van der Waals surface area (Å²) in [6, 6.07) is 6.05. The molecular weight excluding hydrogens is 438 g/mol. The Kier molecular flexibility index (Phi) is 7.54. The van der Waals surface area contributed by atoms with E-state index >= 15 is 0 Å². The number of hydrogen-bond acceptors (Lipinski definition) is 4. The number of nitrogens with one attached hydrogen (secondary N) is 2. The zero-order valence-corrected chi connectivity index (χ0v) is 20.3. The van der Waals surface area contributed by atoms with Gasteiger partial charge in [-0.1, -0.05) is 45.4 Å². The van der Waals surface area contributed by atoms with Crippen LogP contribution in [0, 0.1) is 0 Å². The van der Waals surface area contributed by atoms with Crippen LogP contribution >= 0.6 is 0 Å². The highest BCUT2D eigenvalue weighted by molar-refractivity contribution is 7.89. The second-order valence-corrected chi connectivity index (χ2v) is 11.3. The summed E-state index contributed by atoms with van der Waals surface area (Å²) in [4.78, 5) is 28.4. The molecule has 180 valence electrons. The lowest BCUT2D eigenvalue weighted by atomic mass is 9.96. The summed E-state index contributed by atoms with van der Waals surface area (Å²) in [5.74, 6) is -0.310. The van der Waals surface area contributed by atoms with E-state index in [9.17, 15) is 18.0 Å². The fourth-order valence-corrected chi connectivity index (χ4v) is 7.07. The van der Waals surface area contributed by atoms with Crippen molar-refractivity contribution < 1.29 is 13.2 Å². The predicted octanol–water partition coefficient (Wildman–Crippen LogP) is 4.32. The van der Waals surface area contributed by atoms with Gasteiger partial charge in [-0.05, 0) is 50.3 Å². The number of amides is 1. The highest BCUT2D eigenvalue weighted by Gasteiger charge is 2.33. The van der Waals surface area contributed by atoms with E-state index in [-0.39, 0.29) is 34.0 Å². The van der Waals surface area contributed by atoms with Crippen molar-refractivity contribution in [2.45, 2.75) is 94.5 Å². The average molecular weight is 474 g/mol. The smallest absolute Gasteiger partial charge is 0.252 e. The second kappa shape index (κ2) is 10.4. The minimum absolute atomic E-state index is 0.00267. The Morgan fingerprint density at radius 3 is 2.45 bits per heavy atom. The Morgan fingerprint density at radius 2 is 1.73 bits per heavy atom. The van der Waals surface area contributed by atoms with Crippen LogP contribution in [-0.2, 0) is 10.0 Å². The molecule has 1 aliphatic carbocycles. The molecule has 2 heterocycles. The van der Waals surface area contributed by atoms with Gasteiger partial charge in [0.05, 0.1) is 10.5 Å². The lowest BCUT2D eigenvalue weighted by molar-refractivity contribution is 0.0932. The first-order valence-electron chi connectivity index (χ1n) is 12.4. The quantitative estimate of drug-likeness (QED) is 0.675. The molecule has 0 spiro atoms. The highest BCUT2D eigenvalue weighted by Crippen LogP contribution is 2.29. The molecule has 1 aromatic carbocycles. The number of carbonyl (C=O) groups is 1. The van der Waals surface area contributed by atoms with Crippen LogP contribution in [0.2, 0.25) is 0 Å². The third-order valence-corrected chi connectivity index (χ3v) is 9.10. The number of rotatable bonds is 5. The van der Waals surface area contributed by atoms with Crippen LogP contribution in [0.15, 0.2) is 34.0 Å². The third-order valence-electron chi connectivity index (χ3n) is 7.15. The Bertz CT molecular complexity index is 1150. The molecule has 1 unspecified atom stereocenters. The average Bonchev–Trinajstić information content (AvgIpc) is 2.79. The van der Waals surface area contributed by atoms with Gasteiger partial charge in [-0.15, -0.1) is 0 Å². The van der Waals surface area contributed by atoms with Crippen molar-refractivity contribution >= 4 is 26.8 Å². The van der Waals surface area contributed by atoms with E-state index in [0.29, 0.717) is 17.4 Å². The number of aromatic nitrogens is 1. The van der Waals surface area contributed by atoms with Crippen molar-refractivity contribution in [3.8, 4) is 0 Å². The van der Waals surface area contributed by atoms with E-state index in [1.165, 1.54) is 31.4 Å². The van der Waals surface area contributed by atoms with E-state index in [1.54, 1.807) is 16.4 Å². The minimum atomic E-state index is -3.69. The van der Waals surface area contributed by atoms with Gasteiger partial charge >= 0.3 is 0 Å².